The van der Waals surface area contributed by atoms with Gasteiger partial charge in [0.1, 0.15) is 0 Å². The van der Waals surface area contributed by atoms with E-state index >= 15 is 0 Å². The zero-order valence-corrected chi connectivity index (χ0v) is 10.9. The van der Waals surface area contributed by atoms with Gasteiger partial charge in [-0.25, -0.2) is 0 Å². The molecule has 0 amide bonds. The minimum Gasteiger partial charge on any atom is -0.870 e. The molecule has 0 atom stereocenters. The Labute approximate surface area is 99.0 Å². The van der Waals surface area contributed by atoms with Gasteiger partial charge in [0.25, 0.3) is 0 Å². The van der Waals surface area contributed by atoms with Crippen molar-refractivity contribution in [2.45, 2.75) is 40.5 Å². The molecule has 0 aromatic heterocycles. The van der Waals surface area contributed by atoms with E-state index in [4.69, 9.17) is 0 Å². The average Bonchev–Trinajstić information content (AvgIpc) is 1.89. The van der Waals surface area contributed by atoms with E-state index in [1.54, 1.807) is 0 Å². The minimum absolute atomic E-state index is 0. The van der Waals surface area contributed by atoms with Gasteiger partial charge in [-0.2, -0.15) is 12.8 Å². The number of rotatable bonds is 2. The molecule has 3 heteroatoms. The van der Waals surface area contributed by atoms with E-state index < -0.39 is 0 Å². The Bertz CT molecular complexity index is 48.9. The van der Waals surface area contributed by atoms with Crippen LogP contribution in [0.4, 0.5) is 0 Å². The summed E-state index contributed by atoms with van der Waals surface area (Å²) in [7, 11) is 0. The second kappa shape index (κ2) is 22.9. The van der Waals surface area contributed by atoms with Gasteiger partial charge in [0.2, 0.25) is 0 Å². The molecule has 0 radical (unpaired) electrons. The second-order valence-electron chi connectivity index (χ2n) is 3.37. The summed E-state index contributed by atoms with van der Waals surface area (Å²) >= 11 is 0. The molecule has 0 saturated carbocycles. The summed E-state index contributed by atoms with van der Waals surface area (Å²) in [6.45, 7) is 16.0. The molecule has 13 heavy (non-hydrogen) atoms. The Kier molecular flexibility index (Phi) is 51.5. The maximum Gasteiger partial charge on any atom is 4.00 e. The normalized spacial score (nSPS) is 7.38. The molecule has 0 heterocycles. The summed E-state index contributed by atoms with van der Waals surface area (Å²) in [4.78, 5) is 0. The molecule has 0 saturated heterocycles. The molecule has 2 N–H and O–H groups in total. The van der Waals surface area contributed by atoms with Gasteiger partial charge in [-0.15, -0.1) is 0 Å². The molecule has 0 aliphatic rings. The van der Waals surface area contributed by atoms with Crippen LogP contribution in [0.3, 0.4) is 0 Å². The maximum atomic E-state index is 3.69. The third kappa shape index (κ3) is 66.5. The first-order valence-corrected chi connectivity index (χ1v) is 4.13. The Morgan fingerprint density at radius 1 is 0.769 bits per heavy atom. The van der Waals surface area contributed by atoms with Gasteiger partial charge >= 0.3 is 21.7 Å². The smallest absolute Gasteiger partial charge is 0.870 e. The second-order valence-corrected chi connectivity index (χ2v) is 3.37. The van der Waals surface area contributed by atoms with Gasteiger partial charge in [0, 0.05) is 0 Å². The Morgan fingerprint density at radius 2 is 0.846 bits per heavy atom. The summed E-state index contributed by atoms with van der Waals surface area (Å²) in [6, 6.07) is 0. The van der Waals surface area contributed by atoms with Gasteiger partial charge in [0.15, 0.2) is 0 Å². The Hall–Kier alpha value is 0.634. The van der Waals surface area contributed by atoms with Crippen LogP contribution in [0.2, 0.25) is 0 Å². The molecule has 0 unspecified atom stereocenters. The number of hydrogen-bond donors (Lipinski definition) is 0. The third-order valence-corrected chi connectivity index (χ3v) is 1.15. The summed E-state index contributed by atoms with van der Waals surface area (Å²) in [5.41, 5.74) is 0. The van der Waals surface area contributed by atoms with Crippen molar-refractivity contribution in [3.8, 4) is 0 Å². The van der Waals surface area contributed by atoms with Crippen LogP contribution in [0.25, 0.3) is 0 Å². The third-order valence-electron chi connectivity index (χ3n) is 1.15. The van der Waals surface area contributed by atoms with Gasteiger partial charge in [-0.3, -0.25) is 0 Å². The van der Waals surface area contributed by atoms with Crippen LogP contribution in [0.15, 0.2) is 0 Å². The van der Waals surface area contributed by atoms with Gasteiger partial charge in [-0.05, 0) is 0 Å². The molecule has 0 spiro atoms. The van der Waals surface area contributed by atoms with Crippen LogP contribution in [0, 0.1) is 25.7 Å². The van der Waals surface area contributed by atoms with Crippen LogP contribution in [-0.4, -0.2) is 11.0 Å². The van der Waals surface area contributed by atoms with Crippen LogP contribution >= 0.6 is 0 Å². The molecule has 2 nitrogen and oxygen atoms in total. The standard InChI is InChI=1S/2C5H11.2H2O.Ti/c2*1-4-5(2)3;;;/h2*5H,1,4H2,2-3H3;2*1H2;/q2*-1;;;+4/p-2. The van der Waals surface area contributed by atoms with Crippen LogP contribution < -0.4 is 0 Å². The van der Waals surface area contributed by atoms with E-state index in [9.17, 15) is 0 Å². The minimum atomic E-state index is 0. The zero-order valence-electron chi connectivity index (χ0n) is 9.38. The van der Waals surface area contributed by atoms with Gasteiger partial charge in [-0.1, -0.05) is 39.5 Å². The van der Waals surface area contributed by atoms with Crippen LogP contribution in [0.5, 0.6) is 0 Å². The average molecular weight is 224 g/mol. The molecule has 0 fully saturated rings. The van der Waals surface area contributed by atoms with Crippen molar-refractivity contribution in [3.05, 3.63) is 13.8 Å². The van der Waals surface area contributed by atoms with E-state index in [-0.39, 0.29) is 32.7 Å². The molecule has 80 valence electrons. The predicted molar refractivity (Wildman–Crippen MR) is 53.5 cm³/mol. The van der Waals surface area contributed by atoms with Crippen LogP contribution in [-0.2, 0) is 21.7 Å². The maximum absolute atomic E-state index is 3.69. The first-order valence-electron chi connectivity index (χ1n) is 4.13. The van der Waals surface area contributed by atoms with E-state index in [1.807, 2.05) is 0 Å². The summed E-state index contributed by atoms with van der Waals surface area (Å²) < 4.78 is 0. The molecule has 0 bridgehead atoms. The van der Waals surface area contributed by atoms with Gasteiger partial charge < -0.3 is 24.8 Å². The Morgan fingerprint density at radius 3 is 0.846 bits per heavy atom. The fraction of sp³-hybridized carbons (Fsp3) is 0.800. The van der Waals surface area contributed by atoms with Crippen molar-refractivity contribution in [2.75, 3.05) is 0 Å². The molecule has 0 aliphatic carbocycles. The largest absolute Gasteiger partial charge is 4.00 e. The predicted octanol–water partition coefficient (Wildman–Crippen LogP) is 3.38. The van der Waals surface area contributed by atoms with Crippen molar-refractivity contribution < 1.29 is 32.7 Å². The van der Waals surface area contributed by atoms with E-state index in [0.717, 1.165) is 24.7 Å². The first-order chi connectivity index (χ1) is 4.54. The van der Waals surface area contributed by atoms with Gasteiger partial charge in [0.05, 0.1) is 0 Å². The molecular weight excluding hydrogens is 200 g/mol. The molecule has 0 aliphatic heterocycles. The fourth-order valence-corrected chi connectivity index (χ4v) is 0. The monoisotopic (exact) mass is 224 g/mol. The van der Waals surface area contributed by atoms with Crippen molar-refractivity contribution in [1.29, 1.82) is 0 Å². The fourth-order valence-electron chi connectivity index (χ4n) is 0. The van der Waals surface area contributed by atoms with E-state index in [2.05, 4.69) is 41.5 Å². The number of hydrogen-bond acceptors (Lipinski definition) is 2. The Balaban J connectivity index is -0.0000000267. The quantitative estimate of drug-likeness (QED) is 0.533. The summed E-state index contributed by atoms with van der Waals surface area (Å²) in [5, 5.41) is 0. The molecule has 0 aromatic rings. The zero-order chi connectivity index (χ0) is 8.57. The van der Waals surface area contributed by atoms with Crippen molar-refractivity contribution in [1.82, 2.24) is 0 Å². The molecule has 0 rings (SSSR count). The molecule has 0 aromatic carbocycles. The first kappa shape index (κ1) is 29.2. The summed E-state index contributed by atoms with van der Waals surface area (Å²) in [6.07, 6.45) is 2.11. The van der Waals surface area contributed by atoms with Crippen molar-refractivity contribution >= 4 is 0 Å². The van der Waals surface area contributed by atoms with E-state index in [0.29, 0.717) is 0 Å². The van der Waals surface area contributed by atoms with E-state index in [1.165, 1.54) is 0 Å². The van der Waals surface area contributed by atoms with Crippen LogP contribution in [0.1, 0.15) is 40.5 Å². The molecular formula is C10H24O2Ti. The van der Waals surface area contributed by atoms with Crippen molar-refractivity contribution in [2.24, 2.45) is 11.8 Å². The summed E-state index contributed by atoms with van der Waals surface area (Å²) in [5.74, 6) is 1.55. The SMILES string of the molecule is [CH2-]CC(C)C.[CH2-]CC(C)C.[OH-].[OH-].[Ti+4]. The topological polar surface area (TPSA) is 60.0 Å². The van der Waals surface area contributed by atoms with Crippen molar-refractivity contribution in [3.63, 3.8) is 0 Å².